The Morgan fingerprint density at radius 1 is 1.31 bits per heavy atom. The van der Waals surface area contributed by atoms with Crippen LogP contribution in [0.25, 0.3) is 0 Å². The number of hydrogen-bond donors (Lipinski definition) is 1. The van der Waals surface area contributed by atoms with Crippen molar-refractivity contribution in [1.82, 2.24) is 5.32 Å². The van der Waals surface area contributed by atoms with Crippen LogP contribution >= 0.6 is 0 Å². The van der Waals surface area contributed by atoms with Crippen LogP contribution in [0.2, 0.25) is 0 Å². The largest absolute Gasteiger partial charge is 0.472 e. The SMILES string of the molecule is CC(NC1C2C3CCC(C3)C12)c1ccoc1. The third kappa shape index (κ3) is 1.17. The summed E-state index contributed by atoms with van der Waals surface area (Å²) < 4.78 is 5.15. The highest BCUT2D eigenvalue weighted by molar-refractivity contribution is 5.19. The molecular formula is C14H19NO. The van der Waals surface area contributed by atoms with Crippen molar-refractivity contribution in [2.24, 2.45) is 23.7 Å². The average Bonchev–Trinajstić information content (AvgIpc) is 2.81. The Morgan fingerprint density at radius 2 is 2.06 bits per heavy atom. The average molecular weight is 217 g/mol. The second kappa shape index (κ2) is 3.13. The fraction of sp³-hybridized carbons (Fsp3) is 0.714. The normalized spacial score (nSPS) is 45.7. The number of nitrogens with one attached hydrogen (secondary N) is 1. The van der Waals surface area contributed by atoms with Crippen LogP contribution in [0.3, 0.4) is 0 Å². The van der Waals surface area contributed by atoms with Gasteiger partial charge in [0.1, 0.15) is 0 Å². The molecule has 2 heteroatoms. The minimum absolute atomic E-state index is 0.453. The molecule has 1 aromatic rings. The van der Waals surface area contributed by atoms with Gasteiger partial charge in [0.15, 0.2) is 0 Å². The highest BCUT2D eigenvalue weighted by atomic mass is 16.3. The molecule has 0 aliphatic heterocycles. The second-order valence-electron chi connectivity index (χ2n) is 5.96. The maximum atomic E-state index is 5.15. The van der Waals surface area contributed by atoms with Crippen molar-refractivity contribution < 1.29 is 4.42 Å². The molecule has 1 N–H and O–H groups in total. The van der Waals surface area contributed by atoms with Gasteiger partial charge in [-0.25, -0.2) is 0 Å². The van der Waals surface area contributed by atoms with E-state index in [0.29, 0.717) is 6.04 Å². The monoisotopic (exact) mass is 217 g/mol. The van der Waals surface area contributed by atoms with E-state index in [2.05, 4.69) is 18.3 Å². The molecule has 2 nitrogen and oxygen atoms in total. The first-order chi connectivity index (χ1) is 7.84. The van der Waals surface area contributed by atoms with E-state index in [0.717, 1.165) is 29.7 Å². The minimum atomic E-state index is 0.453. The van der Waals surface area contributed by atoms with Gasteiger partial charge in [-0.3, -0.25) is 0 Å². The first kappa shape index (κ1) is 9.29. The zero-order valence-electron chi connectivity index (χ0n) is 9.73. The third-order valence-corrected chi connectivity index (χ3v) is 5.22. The molecule has 0 spiro atoms. The van der Waals surface area contributed by atoms with Crippen LogP contribution in [0.1, 0.15) is 37.8 Å². The molecule has 5 unspecified atom stereocenters. The minimum Gasteiger partial charge on any atom is -0.472 e. The summed E-state index contributed by atoms with van der Waals surface area (Å²) in [6.45, 7) is 2.25. The summed E-state index contributed by atoms with van der Waals surface area (Å²) in [5.74, 6) is 4.16. The first-order valence-corrected chi connectivity index (χ1v) is 6.63. The van der Waals surface area contributed by atoms with E-state index in [1.165, 1.54) is 24.8 Å². The maximum absolute atomic E-state index is 5.15. The van der Waals surface area contributed by atoms with Gasteiger partial charge in [0.05, 0.1) is 12.5 Å². The molecule has 3 aliphatic carbocycles. The van der Waals surface area contributed by atoms with Crippen LogP contribution in [0.4, 0.5) is 0 Å². The maximum Gasteiger partial charge on any atom is 0.0950 e. The fourth-order valence-corrected chi connectivity index (χ4v) is 4.45. The molecule has 5 atom stereocenters. The van der Waals surface area contributed by atoms with Gasteiger partial charge < -0.3 is 9.73 Å². The van der Waals surface area contributed by atoms with Crippen LogP contribution in [0.15, 0.2) is 23.0 Å². The summed E-state index contributed by atoms with van der Waals surface area (Å²) in [5.41, 5.74) is 1.29. The van der Waals surface area contributed by atoms with Gasteiger partial charge in [0.25, 0.3) is 0 Å². The number of furan rings is 1. The molecule has 4 rings (SSSR count). The van der Waals surface area contributed by atoms with Crippen molar-refractivity contribution in [1.29, 1.82) is 0 Å². The van der Waals surface area contributed by atoms with Gasteiger partial charge in [-0.1, -0.05) is 0 Å². The van der Waals surface area contributed by atoms with E-state index in [4.69, 9.17) is 4.42 Å². The zero-order chi connectivity index (χ0) is 10.7. The lowest BCUT2D eigenvalue weighted by Crippen LogP contribution is -2.25. The summed E-state index contributed by atoms with van der Waals surface area (Å²) in [5, 5.41) is 3.80. The number of fused-ring (bicyclic) bond motifs is 5. The van der Waals surface area contributed by atoms with E-state index >= 15 is 0 Å². The van der Waals surface area contributed by atoms with Crippen LogP contribution in [0, 0.1) is 23.7 Å². The smallest absolute Gasteiger partial charge is 0.0950 e. The van der Waals surface area contributed by atoms with Gasteiger partial charge in [0.2, 0.25) is 0 Å². The van der Waals surface area contributed by atoms with Gasteiger partial charge >= 0.3 is 0 Å². The molecule has 86 valence electrons. The van der Waals surface area contributed by atoms with E-state index in [1.807, 2.05) is 6.26 Å². The van der Waals surface area contributed by atoms with Gasteiger partial charge in [-0.2, -0.15) is 0 Å². The fourth-order valence-electron chi connectivity index (χ4n) is 4.45. The van der Waals surface area contributed by atoms with Crippen molar-refractivity contribution in [3.63, 3.8) is 0 Å². The third-order valence-electron chi connectivity index (χ3n) is 5.22. The van der Waals surface area contributed by atoms with Gasteiger partial charge in [-0.15, -0.1) is 0 Å². The van der Waals surface area contributed by atoms with E-state index in [9.17, 15) is 0 Å². The summed E-state index contributed by atoms with van der Waals surface area (Å²) in [6.07, 6.45) is 8.18. The molecular weight excluding hydrogens is 198 g/mol. The topological polar surface area (TPSA) is 25.2 Å². The van der Waals surface area contributed by atoms with Crippen LogP contribution < -0.4 is 5.32 Å². The lowest BCUT2D eigenvalue weighted by atomic mass is 10.0. The molecule has 16 heavy (non-hydrogen) atoms. The molecule has 2 bridgehead atoms. The van der Waals surface area contributed by atoms with Crippen molar-refractivity contribution in [3.8, 4) is 0 Å². The lowest BCUT2D eigenvalue weighted by Gasteiger charge is -2.15. The molecule has 0 saturated heterocycles. The summed E-state index contributed by atoms with van der Waals surface area (Å²) in [7, 11) is 0. The van der Waals surface area contributed by atoms with Crippen molar-refractivity contribution in [3.05, 3.63) is 24.2 Å². The Kier molecular flexibility index (Phi) is 1.82. The highest BCUT2D eigenvalue weighted by Gasteiger charge is 2.64. The summed E-state index contributed by atoms with van der Waals surface area (Å²) in [6, 6.07) is 3.34. The summed E-state index contributed by atoms with van der Waals surface area (Å²) in [4.78, 5) is 0. The molecule has 1 aromatic heterocycles. The second-order valence-corrected chi connectivity index (χ2v) is 5.96. The highest BCUT2D eigenvalue weighted by Crippen LogP contribution is 2.65. The van der Waals surface area contributed by atoms with E-state index in [1.54, 1.807) is 6.26 Å². The summed E-state index contributed by atoms with van der Waals surface area (Å²) >= 11 is 0. The predicted octanol–water partition coefficient (Wildman–Crippen LogP) is 2.97. The van der Waals surface area contributed by atoms with E-state index in [-0.39, 0.29) is 0 Å². The van der Waals surface area contributed by atoms with Crippen molar-refractivity contribution >= 4 is 0 Å². The van der Waals surface area contributed by atoms with E-state index < -0.39 is 0 Å². The molecule has 3 fully saturated rings. The Labute approximate surface area is 96.4 Å². The number of rotatable bonds is 3. The van der Waals surface area contributed by atoms with Gasteiger partial charge in [-0.05, 0) is 55.9 Å². The molecule has 1 heterocycles. The molecule has 0 amide bonds. The Bertz CT molecular complexity index is 369. The van der Waals surface area contributed by atoms with Crippen LogP contribution in [0.5, 0.6) is 0 Å². The Balaban J connectivity index is 1.44. The molecule has 0 aromatic carbocycles. The molecule has 3 saturated carbocycles. The van der Waals surface area contributed by atoms with Crippen LogP contribution in [-0.4, -0.2) is 6.04 Å². The van der Waals surface area contributed by atoms with Crippen molar-refractivity contribution in [2.75, 3.05) is 0 Å². The molecule has 0 radical (unpaired) electrons. The molecule has 3 aliphatic rings. The Hall–Kier alpha value is -0.760. The van der Waals surface area contributed by atoms with Gasteiger partial charge in [0, 0.05) is 17.6 Å². The number of hydrogen-bond acceptors (Lipinski definition) is 2. The first-order valence-electron chi connectivity index (χ1n) is 6.63. The lowest BCUT2D eigenvalue weighted by molar-refractivity contribution is 0.431. The Morgan fingerprint density at radius 3 is 2.69 bits per heavy atom. The quantitative estimate of drug-likeness (QED) is 0.842. The predicted molar refractivity (Wildman–Crippen MR) is 61.9 cm³/mol. The standard InChI is InChI=1S/C14H19NO/c1-8(11-4-5-16-7-11)15-14-12-9-2-3-10(6-9)13(12)14/h4-5,7-10,12-15H,2-3,6H2,1H3. The van der Waals surface area contributed by atoms with Crippen LogP contribution in [-0.2, 0) is 0 Å². The zero-order valence-corrected chi connectivity index (χ0v) is 9.73. The van der Waals surface area contributed by atoms with Crippen molar-refractivity contribution in [2.45, 2.75) is 38.3 Å².